The van der Waals surface area contributed by atoms with Crippen molar-refractivity contribution in [2.75, 3.05) is 19.0 Å². The molecule has 0 N–H and O–H groups in total. The van der Waals surface area contributed by atoms with Crippen molar-refractivity contribution in [1.29, 1.82) is 5.26 Å². The van der Waals surface area contributed by atoms with Crippen LogP contribution >= 0.6 is 15.9 Å². The maximum atomic E-state index is 9.13. The molecular formula is C13H12BrN3. The Balaban J connectivity index is 2.98. The first-order chi connectivity index (χ1) is 8.06. The van der Waals surface area contributed by atoms with Crippen LogP contribution in [0.25, 0.3) is 10.9 Å². The van der Waals surface area contributed by atoms with E-state index in [4.69, 9.17) is 5.26 Å². The van der Waals surface area contributed by atoms with E-state index in [2.05, 4.69) is 27.0 Å². The number of fused-ring (bicyclic) bond motifs is 1. The fraction of sp³-hybridized carbons (Fsp3) is 0.231. The lowest BCUT2D eigenvalue weighted by atomic mass is 10.1. The molecule has 17 heavy (non-hydrogen) atoms. The number of nitrogens with zero attached hydrogens (tertiary/aromatic N) is 3. The SMILES string of the molecule is Cc1c(C#N)nc2c(Br)cccc2c1N(C)C. The van der Waals surface area contributed by atoms with Gasteiger partial charge in [-0.15, -0.1) is 0 Å². The number of rotatable bonds is 1. The number of pyridine rings is 1. The Morgan fingerprint density at radius 2 is 2.06 bits per heavy atom. The van der Waals surface area contributed by atoms with Crippen molar-refractivity contribution in [3.8, 4) is 6.07 Å². The highest BCUT2D eigenvalue weighted by Crippen LogP contribution is 2.33. The molecule has 0 radical (unpaired) electrons. The number of nitriles is 1. The van der Waals surface area contributed by atoms with Gasteiger partial charge in [0.15, 0.2) is 0 Å². The van der Waals surface area contributed by atoms with E-state index in [-0.39, 0.29) is 0 Å². The molecule has 0 bridgehead atoms. The van der Waals surface area contributed by atoms with Crippen molar-refractivity contribution >= 4 is 32.5 Å². The minimum Gasteiger partial charge on any atom is -0.377 e. The molecule has 1 aromatic heterocycles. The molecule has 0 unspecified atom stereocenters. The van der Waals surface area contributed by atoms with E-state index < -0.39 is 0 Å². The predicted octanol–water partition coefficient (Wildman–Crippen LogP) is 3.24. The summed E-state index contributed by atoms with van der Waals surface area (Å²) in [6.45, 7) is 1.93. The zero-order chi connectivity index (χ0) is 12.6. The molecule has 0 aliphatic carbocycles. The van der Waals surface area contributed by atoms with E-state index in [9.17, 15) is 0 Å². The Kier molecular flexibility index (Phi) is 3.03. The summed E-state index contributed by atoms with van der Waals surface area (Å²) in [5, 5.41) is 10.2. The summed E-state index contributed by atoms with van der Waals surface area (Å²) in [5.41, 5.74) is 3.28. The number of hydrogen-bond donors (Lipinski definition) is 0. The number of benzene rings is 1. The number of anilines is 1. The van der Waals surface area contributed by atoms with Crippen LogP contribution in [0.2, 0.25) is 0 Å². The lowest BCUT2D eigenvalue weighted by Gasteiger charge is -2.19. The third-order valence-electron chi connectivity index (χ3n) is 2.73. The Morgan fingerprint density at radius 3 is 2.65 bits per heavy atom. The van der Waals surface area contributed by atoms with Gasteiger partial charge >= 0.3 is 0 Å². The first-order valence-corrected chi connectivity index (χ1v) is 6.01. The standard InChI is InChI=1S/C13H12BrN3/c1-8-11(7-15)16-12-9(13(8)17(2)3)5-4-6-10(12)14/h4-6H,1-3H3. The number of aromatic nitrogens is 1. The van der Waals surface area contributed by atoms with Crippen LogP contribution in [0.5, 0.6) is 0 Å². The maximum absolute atomic E-state index is 9.13. The van der Waals surface area contributed by atoms with Gasteiger partial charge in [0, 0.05) is 29.5 Å². The highest BCUT2D eigenvalue weighted by atomic mass is 79.9. The van der Waals surface area contributed by atoms with Crippen LogP contribution < -0.4 is 4.90 Å². The molecule has 4 heteroatoms. The monoisotopic (exact) mass is 289 g/mol. The zero-order valence-corrected chi connectivity index (χ0v) is 11.5. The van der Waals surface area contributed by atoms with Gasteiger partial charge in [-0.25, -0.2) is 4.98 Å². The molecular weight excluding hydrogens is 278 g/mol. The smallest absolute Gasteiger partial charge is 0.146 e. The van der Waals surface area contributed by atoms with Gasteiger partial charge < -0.3 is 4.90 Å². The third kappa shape index (κ3) is 1.87. The second-order valence-corrected chi connectivity index (χ2v) is 4.93. The van der Waals surface area contributed by atoms with E-state index in [1.54, 1.807) is 0 Å². The van der Waals surface area contributed by atoms with Crippen LogP contribution in [-0.2, 0) is 0 Å². The second-order valence-electron chi connectivity index (χ2n) is 4.08. The quantitative estimate of drug-likeness (QED) is 0.809. The Hall–Kier alpha value is -1.60. The normalized spacial score (nSPS) is 10.3. The molecule has 2 aromatic rings. The van der Waals surface area contributed by atoms with E-state index in [1.165, 1.54) is 0 Å². The molecule has 0 atom stereocenters. The third-order valence-corrected chi connectivity index (χ3v) is 3.37. The molecule has 2 rings (SSSR count). The molecule has 0 amide bonds. The predicted molar refractivity (Wildman–Crippen MR) is 73.2 cm³/mol. The van der Waals surface area contributed by atoms with E-state index in [0.29, 0.717) is 5.69 Å². The first-order valence-electron chi connectivity index (χ1n) is 5.22. The minimum atomic E-state index is 0.480. The molecule has 1 heterocycles. The first kappa shape index (κ1) is 11.9. The van der Waals surface area contributed by atoms with Gasteiger partial charge in [-0.1, -0.05) is 12.1 Å². The molecule has 0 spiro atoms. The van der Waals surface area contributed by atoms with Crippen molar-refractivity contribution in [3.63, 3.8) is 0 Å². The number of halogens is 1. The Morgan fingerprint density at radius 1 is 1.35 bits per heavy atom. The van der Waals surface area contributed by atoms with Crippen molar-refractivity contribution in [2.45, 2.75) is 6.92 Å². The summed E-state index contributed by atoms with van der Waals surface area (Å²) in [7, 11) is 3.95. The summed E-state index contributed by atoms with van der Waals surface area (Å²) in [4.78, 5) is 6.42. The van der Waals surface area contributed by atoms with Crippen LogP contribution in [-0.4, -0.2) is 19.1 Å². The van der Waals surface area contributed by atoms with E-state index in [0.717, 1.165) is 26.6 Å². The average Bonchev–Trinajstić information content (AvgIpc) is 2.28. The van der Waals surface area contributed by atoms with Crippen LogP contribution in [0, 0.1) is 18.3 Å². The zero-order valence-electron chi connectivity index (χ0n) is 9.95. The molecule has 0 fully saturated rings. The second kappa shape index (κ2) is 4.34. The minimum absolute atomic E-state index is 0.480. The molecule has 86 valence electrons. The molecule has 1 aromatic carbocycles. The van der Waals surface area contributed by atoms with E-state index in [1.807, 2.05) is 44.1 Å². The van der Waals surface area contributed by atoms with Crippen molar-refractivity contribution in [3.05, 3.63) is 33.9 Å². The van der Waals surface area contributed by atoms with Gasteiger partial charge in [-0.05, 0) is 28.9 Å². The highest BCUT2D eigenvalue weighted by molar-refractivity contribution is 9.10. The van der Waals surface area contributed by atoms with Gasteiger partial charge in [0.05, 0.1) is 11.2 Å². The van der Waals surface area contributed by atoms with Crippen LogP contribution in [0.4, 0.5) is 5.69 Å². The fourth-order valence-corrected chi connectivity index (χ4v) is 2.47. The van der Waals surface area contributed by atoms with E-state index >= 15 is 0 Å². The summed E-state index contributed by atoms with van der Waals surface area (Å²) in [6.07, 6.45) is 0. The largest absolute Gasteiger partial charge is 0.377 e. The lowest BCUT2D eigenvalue weighted by molar-refractivity contribution is 1.11. The molecule has 3 nitrogen and oxygen atoms in total. The Bertz CT molecular complexity index is 627. The summed E-state index contributed by atoms with van der Waals surface area (Å²) < 4.78 is 0.912. The van der Waals surface area contributed by atoms with Crippen molar-refractivity contribution < 1.29 is 0 Å². The van der Waals surface area contributed by atoms with Crippen molar-refractivity contribution in [2.24, 2.45) is 0 Å². The number of para-hydroxylation sites is 1. The summed E-state index contributed by atoms with van der Waals surface area (Å²) in [5.74, 6) is 0. The summed E-state index contributed by atoms with van der Waals surface area (Å²) >= 11 is 3.48. The van der Waals surface area contributed by atoms with Gasteiger partial charge in [0.2, 0.25) is 0 Å². The van der Waals surface area contributed by atoms with Gasteiger partial charge in [-0.2, -0.15) is 5.26 Å². The lowest BCUT2D eigenvalue weighted by Crippen LogP contribution is -2.12. The number of hydrogen-bond acceptors (Lipinski definition) is 3. The maximum Gasteiger partial charge on any atom is 0.146 e. The molecule has 0 saturated carbocycles. The van der Waals surface area contributed by atoms with Gasteiger partial charge in [0.25, 0.3) is 0 Å². The highest BCUT2D eigenvalue weighted by Gasteiger charge is 2.14. The molecule has 0 aliphatic heterocycles. The van der Waals surface area contributed by atoms with Crippen LogP contribution in [0.3, 0.4) is 0 Å². The van der Waals surface area contributed by atoms with Crippen LogP contribution in [0.1, 0.15) is 11.3 Å². The topological polar surface area (TPSA) is 39.9 Å². The van der Waals surface area contributed by atoms with Gasteiger partial charge in [0.1, 0.15) is 11.8 Å². The van der Waals surface area contributed by atoms with Crippen molar-refractivity contribution in [1.82, 2.24) is 4.98 Å². The fourth-order valence-electron chi connectivity index (χ4n) is 2.02. The molecule has 0 aliphatic rings. The summed E-state index contributed by atoms with van der Waals surface area (Å²) in [6, 6.07) is 8.09. The average molecular weight is 290 g/mol. The van der Waals surface area contributed by atoms with Crippen LogP contribution in [0.15, 0.2) is 22.7 Å². The van der Waals surface area contributed by atoms with Gasteiger partial charge in [-0.3, -0.25) is 0 Å². The Labute approximate surface area is 109 Å². The molecule has 0 saturated heterocycles.